The van der Waals surface area contributed by atoms with Crippen LogP contribution in [0.15, 0.2) is 54.6 Å². The largest absolute Gasteiger partial charge is 0.367 e. The Labute approximate surface area is 200 Å². The minimum Gasteiger partial charge on any atom is -0.367 e. The third kappa shape index (κ3) is 3.88. The quantitative estimate of drug-likeness (QED) is 0.680. The van der Waals surface area contributed by atoms with Crippen molar-refractivity contribution < 1.29 is 19.1 Å². The molecule has 0 bridgehead atoms. The molecule has 0 aromatic heterocycles. The van der Waals surface area contributed by atoms with Crippen LogP contribution in [0.5, 0.6) is 0 Å². The summed E-state index contributed by atoms with van der Waals surface area (Å²) >= 11 is 0. The maximum absolute atomic E-state index is 13.4. The van der Waals surface area contributed by atoms with Crippen molar-refractivity contribution in [2.45, 2.75) is 57.4 Å². The van der Waals surface area contributed by atoms with Gasteiger partial charge in [-0.25, -0.2) is 0 Å². The summed E-state index contributed by atoms with van der Waals surface area (Å²) in [6.45, 7) is 5.48. The first-order chi connectivity index (χ1) is 16.4. The molecule has 2 fully saturated rings. The minimum absolute atomic E-state index is 0.0396. The second-order valence-corrected chi connectivity index (χ2v) is 9.67. The number of rotatable bonds is 5. The Morgan fingerprint density at radius 2 is 1.79 bits per heavy atom. The Bertz CT molecular complexity index is 1100. The number of anilines is 1. The molecule has 3 heterocycles. The van der Waals surface area contributed by atoms with Gasteiger partial charge in [-0.2, -0.15) is 0 Å². The van der Waals surface area contributed by atoms with Gasteiger partial charge >= 0.3 is 0 Å². The summed E-state index contributed by atoms with van der Waals surface area (Å²) in [5.74, 6) is 0.0452. The van der Waals surface area contributed by atoms with Gasteiger partial charge in [0.15, 0.2) is 0 Å². The molecule has 2 aromatic carbocycles. The Balaban J connectivity index is 1.26. The molecule has 3 aliphatic rings. The van der Waals surface area contributed by atoms with Crippen molar-refractivity contribution in [3.05, 3.63) is 65.7 Å². The van der Waals surface area contributed by atoms with Gasteiger partial charge in [-0.15, -0.1) is 0 Å². The zero-order valence-electron chi connectivity index (χ0n) is 19.8. The number of carbonyl (C=O) groups is 3. The number of benzene rings is 2. The van der Waals surface area contributed by atoms with Gasteiger partial charge in [0.2, 0.25) is 11.8 Å². The summed E-state index contributed by atoms with van der Waals surface area (Å²) in [5.41, 5.74) is 1.63. The van der Waals surface area contributed by atoms with E-state index in [0.717, 1.165) is 5.56 Å². The van der Waals surface area contributed by atoms with Crippen LogP contribution in [-0.2, 0) is 14.3 Å². The molecule has 7 heteroatoms. The van der Waals surface area contributed by atoms with Gasteiger partial charge in [-0.05, 0) is 44.4 Å². The first-order valence-electron chi connectivity index (χ1n) is 12.1. The highest BCUT2D eigenvalue weighted by Crippen LogP contribution is 2.44. The minimum atomic E-state index is -0.683. The van der Waals surface area contributed by atoms with E-state index in [2.05, 4.69) is 0 Å². The molecule has 0 aliphatic carbocycles. The maximum Gasteiger partial charge on any atom is 0.257 e. The highest BCUT2D eigenvalue weighted by Gasteiger charge is 2.52. The lowest BCUT2D eigenvalue weighted by Crippen LogP contribution is -2.62. The van der Waals surface area contributed by atoms with Gasteiger partial charge in [0, 0.05) is 25.9 Å². The first kappa shape index (κ1) is 22.6. The van der Waals surface area contributed by atoms with Crippen molar-refractivity contribution in [2.24, 2.45) is 0 Å². The molecule has 0 saturated carbocycles. The van der Waals surface area contributed by atoms with Crippen LogP contribution in [0, 0.1) is 0 Å². The number of para-hydroxylation sites is 1. The average molecular weight is 462 g/mol. The van der Waals surface area contributed by atoms with Crippen LogP contribution in [0.4, 0.5) is 5.69 Å². The fourth-order valence-corrected chi connectivity index (χ4v) is 5.59. The predicted molar refractivity (Wildman–Crippen MR) is 128 cm³/mol. The number of amides is 3. The molecule has 0 radical (unpaired) electrons. The number of nitrogens with zero attached hydrogens (tertiary/aromatic N) is 3. The van der Waals surface area contributed by atoms with Gasteiger partial charge in [0.25, 0.3) is 5.91 Å². The predicted octanol–water partition coefficient (Wildman–Crippen LogP) is 3.75. The van der Waals surface area contributed by atoms with E-state index in [4.69, 9.17) is 4.74 Å². The zero-order valence-corrected chi connectivity index (χ0v) is 19.8. The third-order valence-electron chi connectivity index (χ3n) is 7.30. The number of ether oxygens (including phenoxy) is 1. The highest BCUT2D eigenvalue weighted by atomic mass is 16.5. The molecule has 3 unspecified atom stereocenters. The molecule has 5 rings (SSSR count). The molecule has 3 aliphatic heterocycles. The van der Waals surface area contributed by atoms with E-state index in [1.165, 1.54) is 0 Å². The Kier molecular flexibility index (Phi) is 5.90. The van der Waals surface area contributed by atoms with Gasteiger partial charge < -0.3 is 14.5 Å². The molecule has 2 saturated heterocycles. The van der Waals surface area contributed by atoms with E-state index < -0.39 is 5.66 Å². The van der Waals surface area contributed by atoms with Crippen molar-refractivity contribution >= 4 is 23.4 Å². The maximum atomic E-state index is 13.4. The summed E-state index contributed by atoms with van der Waals surface area (Å²) in [5, 5.41) is 0. The smallest absolute Gasteiger partial charge is 0.257 e. The lowest BCUT2D eigenvalue weighted by atomic mass is 9.97. The average Bonchev–Trinajstić information content (AvgIpc) is 3.16. The van der Waals surface area contributed by atoms with Crippen LogP contribution in [-0.4, -0.2) is 58.9 Å². The van der Waals surface area contributed by atoms with E-state index in [0.29, 0.717) is 56.6 Å². The Morgan fingerprint density at radius 3 is 2.59 bits per heavy atom. The third-order valence-corrected chi connectivity index (χ3v) is 7.30. The normalized spacial score (nSPS) is 26.5. The summed E-state index contributed by atoms with van der Waals surface area (Å²) in [7, 11) is 0. The van der Waals surface area contributed by atoms with E-state index in [1.54, 1.807) is 15.9 Å². The van der Waals surface area contributed by atoms with Gasteiger partial charge in [-0.3, -0.25) is 19.3 Å². The van der Waals surface area contributed by atoms with Gasteiger partial charge in [0.05, 0.1) is 23.9 Å². The summed E-state index contributed by atoms with van der Waals surface area (Å²) in [4.78, 5) is 44.6. The molecule has 3 amide bonds. The summed E-state index contributed by atoms with van der Waals surface area (Å²) < 4.78 is 6.09. The molecule has 0 N–H and O–H groups in total. The van der Waals surface area contributed by atoms with E-state index in [9.17, 15) is 14.4 Å². The standard InChI is InChI=1S/C27H31N3O4/c1-19-17-28(18-23(34-19)20-9-4-3-5-10-20)24(31)13-8-16-29-26(33)21-11-6-7-12-22(21)30-25(32)14-15-27(29,30)2/h3-7,9-12,19,23H,8,13-18H2,1-2H3. The molecule has 0 spiro atoms. The molecule has 178 valence electrons. The van der Waals surface area contributed by atoms with Crippen LogP contribution in [0.2, 0.25) is 0 Å². The van der Waals surface area contributed by atoms with Crippen LogP contribution in [0.3, 0.4) is 0 Å². The molecule has 7 nitrogen and oxygen atoms in total. The Morgan fingerprint density at radius 1 is 1.06 bits per heavy atom. The van der Waals surface area contributed by atoms with Crippen molar-refractivity contribution in [3.63, 3.8) is 0 Å². The molecule has 34 heavy (non-hydrogen) atoms. The van der Waals surface area contributed by atoms with Crippen molar-refractivity contribution in [1.29, 1.82) is 0 Å². The molecular weight excluding hydrogens is 430 g/mol. The number of carbonyl (C=O) groups excluding carboxylic acids is 3. The van der Waals surface area contributed by atoms with Gasteiger partial charge in [0.1, 0.15) is 11.8 Å². The van der Waals surface area contributed by atoms with Crippen LogP contribution < -0.4 is 4.90 Å². The fourth-order valence-electron chi connectivity index (χ4n) is 5.59. The van der Waals surface area contributed by atoms with Crippen molar-refractivity contribution in [1.82, 2.24) is 9.80 Å². The number of fused-ring (bicyclic) bond motifs is 3. The van der Waals surface area contributed by atoms with E-state index in [-0.39, 0.29) is 29.9 Å². The topological polar surface area (TPSA) is 70.2 Å². The second kappa shape index (κ2) is 8.87. The fraction of sp³-hybridized carbons (Fsp3) is 0.444. The molecule has 3 atom stereocenters. The first-order valence-corrected chi connectivity index (χ1v) is 12.1. The SMILES string of the molecule is CC1CN(C(=O)CCCN2C(=O)c3ccccc3N3C(=O)CCC23C)CC(c2ccccc2)O1. The zero-order chi connectivity index (χ0) is 23.9. The highest BCUT2D eigenvalue weighted by molar-refractivity contribution is 6.10. The van der Waals surface area contributed by atoms with E-state index in [1.807, 2.05) is 67.3 Å². The summed E-state index contributed by atoms with van der Waals surface area (Å²) in [6.07, 6.45) is 1.74. The lowest BCUT2D eigenvalue weighted by Gasteiger charge is -2.48. The van der Waals surface area contributed by atoms with Crippen molar-refractivity contribution in [2.75, 3.05) is 24.5 Å². The molecular formula is C27H31N3O4. The lowest BCUT2D eigenvalue weighted by molar-refractivity contribution is -0.145. The van der Waals surface area contributed by atoms with Gasteiger partial charge in [-0.1, -0.05) is 42.5 Å². The number of hydrogen-bond acceptors (Lipinski definition) is 4. The second-order valence-electron chi connectivity index (χ2n) is 9.67. The monoisotopic (exact) mass is 461 g/mol. The van der Waals surface area contributed by atoms with Crippen LogP contribution in [0.1, 0.15) is 61.6 Å². The van der Waals surface area contributed by atoms with Crippen molar-refractivity contribution in [3.8, 4) is 0 Å². The van der Waals surface area contributed by atoms with E-state index >= 15 is 0 Å². The van der Waals surface area contributed by atoms with Crippen LogP contribution in [0.25, 0.3) is 0 Å². The number of morpholine rings is 1. The molecule has 2 aromatic rings. The Hall–Kier alpha value is -3.19. The summed E-state index contributed by atoms with van der Waals surface area (Å²) in [6, 6.07) is 17.3. The number of hydrogen-bond donors (Lipinski definition) is 0. The van der Waals surface area contributed by atoms with Crippen LogP contribution >= 0.6 is 0 Å².